The average Bonchev–Trinajstić information content (AvgIpc) is 3.17. The van der Waals surface area contributed by atoms with E-state index in [1.54, 1.807) is 28.4 Å². The van der Waals surface area contributed by atoms with Crippen LogP contribution in [-0.2, 0) is 25.9 Å². The summed E-state index contributed by atoms with van der Waals surface area (Å²) in [4.78, 5) is 22.7. The molecular weight excluding hydrogens is 340 g/mol. The highest BCUT2D eigenvalue weighted by Gasteiger charge is 2.23. The van der Waals surface area contributed by atoms with Gasteiger partial charge in [-0.3, -0.25) is 9.36 Å². The van der Waals surface area contributed by atoms with Crippen molar-refractivity contribution in [3.8, 4) is 0 Å². The Balaban J connectivity index is 1.68. The fraction of sp³-hybridized carbons (Fsp3) is 0.471. The Morgan fingerprint density at radius 3 is 3.12 bits per heavy atom. The molecule has 0 fully saturated rings. The zero-order valence-electron chi connectivity index (χ0n) is 13.6. The van der Waals surface area contributed by atoms with Crippen LogP contribution >= 0.6 is 23.6 Å². The fourth-order valence-corrected chi connectivity index (χ4v) is 5.23. The smallest absolute Gasteiger partial charge is 0.263 e. The maximum Gasteiger partial charge on any atom is 0.263 e. The number of fused-ring (bicyclic) bond motifs is 3. The molecule has 0 saturated heterocycles. The Morgan fingerprint density at radius 1 is 1.46 bits per heavy atom. The number of nitrogens with one attached hydrogen (secondary N) is 1. The summed E-state index contributed by atoms with van der Waals surface area (Å²) in [7, 11) is 0. The Morgan fingerprint density at radius 2 is 2.33 bits per heavy atom. The highest BCUT2D eigenvalue weighted by Crippen LogP contribution is 2.35. The van der Waals surface area contributed by atoms with E-state index in [1.165, 1.54) is 10.4 Å². The summed E-state index contributed by atoms with van der Waals surface area (Å²) < 4.78 is 4.27. The molecule has 0 bridgehead atoms. The van der Waals surface area contributed by atoms with Gasteiger partial charge in [0.15, 0.2) is 4.77 Å². The van der Waals surface area contributed by atoms with Crippen molar-refractivity contribution in [3.63, 3.8) is 0 Å². The lowest BCUT2D eigenvalue weighted by atomic mass is 9.89. The number of aryl methyl sites for hydroxylation is 2. The van der Waals surface area contributed by atoms with Crippen molar-refractivity contribution < 1.29 is 0 Å². The zero-order valence-corrected chi connectivity index (χ0v) is 15.3. The van der Waals surface area contributed by atoms with Crippen LogP contribution in [0.1, 0.15) is 30.2 Å². The minimum Gasteiger partial charge on any atom is -0.337 e. The van der Waals surface area contributed by atoms with Gasteiger partial charge in [0.25, 0.3) is 5.56 Å². The SMILES string of the molecule is CC1CCc2c(sc3[nH]c(=S)n(CCCn4ccnc4)c(=O)c23)C1. The molecular formula is C17H20N4OS2. The molecule has 3 heterocycles. The van der Waals surface area contributed by atoms with Gasteiger partial charge in [-0.25, -0.2) is 4.98 Å². The zero-order chi connectivity index (χ0) is 16.7. The molecule has 0 amide bonds. The Kier molecular flexibility index (Phi) is 4.14. The van der Waals surface area contributed by atoms with Crippen LogP contribution in [0.25, 0.3) is 10.2 Å². The number of rotatable bonds is 4. The van der Waals surface area contributed by atoms with Crippen molar-refractivity contribution >= 4 is 33.8 Å². The van der Waals surface area contributed by atoms with Crippen molar-refractivity contribution in [3.05, 3.63) is 44.3 Å². The molecule has 3 aromatic rings. The van der Waals surface area contributed by atoms with E-state index in [-0.39, 0.29) is 5.56 Å². The molecule has 0 radical (unpaired) electrons. The molecule has 24 heavy (non-hydrogen) atoms. The standard InChI is InChI=1S/C17H20N4OS2/c1-11-3-4-12-13(9-11)24-15-14(12)16(22)21(17(23)19-15)7-2-6-20-8-5-18-10-20/h5,8,10-11H,2-4,6-7,9H2,1H3,(H,19,23). The first-order valence-electron chi connectivity index (χ1n) is 8.36. The average molecular weight is 361 g/mol. The van der Waals surface area contributed by atoms with Gasteiger partial charge in [-0.05, 0) is 49.4 Å². The molecule has 4 rings (SSSR count). The largest absolute Gasteiger partial charge is 0.337 e. The van der Waals surface area contributed by atoms with Crippen LogP contribution in [0, 0.1) is 10.7 Å². The molecule has 0 saturated carbocycles. The lowest BCUT2D eigenvalue weighted by molar-refractivity contribution is 0.508. The molecule has 7 heteroatoms. The first-order chi connectivity index (χ1) is 11.6. The molecule has 126 valence electrons. The van der Waals surface area contributed by atoms with Crippen LogP contribution in [0.2, 0.25) is 0 Å². The Labute approximate surface area is 149 Å². The van der Waals surface area contributed by atoms with Crippen LogP contribution in [0.3, 0.4) is 0 Å². The highest BCUT2D eigenvalue weighted by molar-refractivity contribution is 7.71. The van der Waals surface area contributed by atoms with E-state index in [0.29, 0.717) is 17.2 Å². The molecule has 1 aliphatic rings. The van der Waals surface area contributed by atoms with E-state index < -0.39 is 0 Å². The van der Waals surface area contributed by atoms with Crippen LogP contribution in [0.4, 0.5) is 0 Å². The second-order valence-electron chi connectivity index (χ2n) is 6.60. The van der Waals surface area contributed by atoms with Gasteiger partial charge < -0.3 is 9.55 Å². The fourth-order valence-electron chi connectivity index (χ4n) is 3.49. The summed E-state index contributed by atoms with van der Waals surface area (Å²) in [5.74, 6) is 0.700. The number of aromatic nitrogens is 4. The third-order valence-electron chi connectivity index (χ3n) is 4.79. The molecule has 1 unspecified atom stereocenters. The number of imidazole rings is 1. The second-order valence-corrected chi connectivity index (χ2v) is 8.09. The monoisotopic (exact) mass is 360 g/mol. The number of H-pyrrole nitrogens is 1. The molecule has 1 atom stereocenters. The lowest BCUT2D eigenvalue weighted by Gasteiger charge is -2.17. The third-order valence-corrected chi connectivity index (χ3v) is 6.29. The predicted octanol–water partition coefficient (Wildman–Crippen LogP) is 3.53. The molecule has 3 aromatic heterocycles. The summed E-state index contributed by atoms with van der Waals surface area (Å²) in [6.07, 6.45) is 9.59. The first kappa shape index (κ1) is 15.8. The summed E-state index contributed by atoms with van der Waals surface area (Å²) in [6.45, 7) is 3.74. The van der Waals surface area contributed by atoms with E-state index in [1.807, 2.05) is 10.8 Å². The summed E-state index contributed by atoms with van der Waals surface area (Å²) >= 11 is 7.15. The topological polar surface area (TPSA) is 55.6 Å². The first-order valence-corrected chi connectivity index (χ1v) is 9.59. The van der Waals surface area contributed by atoms with E-state index >= 15 is 0 Å². The van der Waals surface area contributed by atoms with Crippen LogP contribution in [-0.4, -0.2) is 19.1 Å². The van der Waals surface area contributed by atoms with Gasteiger partial charge in [0, 0.05) is 30.4 Å². The van der Waals surface area contributed by atoms with Crippen LogP contribution in [0.15, 0.2) is 23.5 Å². The Hall–Kier alpha value is -1.73. The van der Waals surface area contributed by atoms with Gasteiger partial charge in [0.05, 0.1) is 11.7 Å². The quantitative estimate of drug-likeness (QED) is 0.724. The van der Waals surface area contributed by atoms with E-state index in [4.69, 9.17) is 12.2 Å². The normalized spacial score (nSPS) is 17.3. The predicted molar refractivity (Wildman–Crippen MR) is 99.3 cm³/mol. The second kappa shape index (κ2) is 6.29. The van der Waals surface area contributed by atoms with E-state index in [0.717, 1.165) is 42.4 Å². The third kappa shape index (κ3) is 2.75. The van der Waals surface area contributed by atoms with Gasteiger partial charge >= 0.3 is 0 Å². The summed E-state index contributed by atoms with van der Waals surface area (Å²) in [6, 6.07) is 0. The molecule has 1 aliphatic carbocycles. The maximum atomic E-state index is 13.0. The van der Waals surface area contributed by atoms with Gasteiger partial charge in [-0.1, -0.05) is 6.92 Å². The van der Waals surface area contributed by atoms with Gasteiger partial charge in [0.1, 0.15) is 4.83 Å². The molecule has 5 nitrogen and oxygen atoms in total. The van der Waals surface area contributed by atoms with Gasteiger partial charge in [-0.15, -0.1) is 11.3 Å². The van der Waals surface area contributed by atoms with Crippen molar-refractivity contribution in [2.24, 2.45) is 5.92 Å². The van der Waals surface area contributed by atoms with Crippen molar-refractivity contribution in [1.29, 1.82) is 0 Å². The summed E-state index contributed by atoms with van der Waals surface area (Å²) in [5.41, 5.74) is 1.33. The Bertz CT molecular complexity index is 981. The summed E-state index contributed by atoms with van der Waals surface area (Å²) in [5, 5.41) is 0.873. The number of hydrogen-bond donors (Lipinski definition) is 1. The minimum atomic E-state index is 0.0754. The number of nitrogens with zero attached hydrogens (tertiary/aromatic N) is 3. The highest BCUT2D eigenvalue weighted by atomic mass is 32.1. The van der Waals surface area contributed by atoms with E-state index in [9.17, 15) is 4.79 Å². The van der Waals surface area contributed by atoms with Gasteiger partial charge in [0.2, 0.25) is 0 Å². The molecule has 0 aliphatic heterocycles. The molecule has 1 N–H and O–H groups in total. The van der Waals surface area contributed by atoms with E-state index in [2.05, 4.69) is 16.9 Å². The van der Waals surface area contributed by atoms with Crippen molar-refractivity contribution in [1.82, 2.24) is 19.1 Å². The maximum absolute atomic E-state index is 13.0. The van der Waals surface area contributed by atoms with Crippen LogP contribution in [0.5, 0.6) is 0 Å². The molecule has 0 spiro atoms. The van der Waals surface area contributed by atoms with Crippen molar-refractivity contribution in [2.45, 2.75) is 45.7 Å². The number of aromatic amines is 1. The molecule has 0 aromatic carbocycles. The number of thiophene rings is 1. The number of hydrogen-bond acceptors (Lipinski definition) is 4. The minimum absolute atomic E-state index is 0.0754. The lowest BCUT2D eigenvalue weighted by Crippen LogP contribution is -2.23. The van der Waals surface area contributed by atoms with Gasteiger partial charge in [-0.2, -0.15) is 0 Å². The van der Waals surface area contributed by atoms with Crippen molar-refractivity contribution in [2.75, 3.05) is 0 Å². The van der Waals surface area contributed by atoms with Crippen LogP contribution < -0.4 is 5.56 Å².